The second-order valence-electron chi connectivity index (χ2n) is 4.01. The van der Waals surface area contributed by atoms with Crippen molar-refractivity contribution in [3.63, 3.8) is 0 Å². The SMILES string of the molecule is C#CC(C)(C)Oc1cc(Br)c(F)cc1C(=O)OC. The van der Waals surface area contributed by atoms with E-state index in [9.17, 15) is 9.18 Å². The van der Waals surface area contributed by atoms with E-state index in [-0.39, 0.29) is 15.8 Å². The molecule has 1 rings (SSSR count). The maximum absolute atomic E-state index is 13.4. The largest absolute Gasteiger partial charge is 0.474 e. The summed E-state index contributed by atoms with van der Waals surface area (Å²) in [6, 6.07) is 2.39. The molecule has 0 aliphatic rings. The van der Waals surface area contributed by atoms with E-state index < -0.39 is 17.4 Å². The third-order valence-corrected chi connectivity index (χ3v) is 2.75. The highest BCUT2D eigenvalue weighted by atomic mass is 79.9. The number of carbonyl (C=O) groups excluding carboxylic acids is 1. The van der Waals surface area contributed by atoms with Gasteiger partial charge in [-0.15, -0.1) is 6.42 Å². The van der Waals surface area contributed by atoms with Crippen LogP contribution in [0.3, 0.4) is 0 Å². The fourth-order valence-corrected chi connectivity index (χ4v) is 1.51. The topological polar surface area (TPSA) is 35.5 Å². The Morgan fingerprint density at radius 1 is 1.50 bits per heavy atom. The Bertz CT molecular complexity index is 518. The van der Waals surface area contributed by atoms with Crippen LogP contribution < -0.4 is 4.74 Å². The first-order valence-electron chi connectivity index (χ1n) is 5.05. The van der Waals surface area contributed by atoms with Crippen LogP contribution in [0.5, 0.6) is 5.75 Å². The molecule has 0 aliphatic heterocycles. The molecular weight excluding hydrogens is 303 g/mol. The van der Waals surface area contributed by atoms with Crippen molar-refractivity contribution >= 4 is 21.9 Å². The van der Waals surface area contributed by atoms with E-state index in [0.717, 1.165) is 6.07 Å². The first kappa shape index (κ1) is 14.5. The first-order valence-corrected chi connectivity index (χ1v) is 5.84. The van der Waals surface area contributed by atoms with Gasteiger partial charge in [0.05, 0.1) is 11.6 Å². The van der Waals surface area contributed by atoms with Crippen molar-refractivity contribution < 1.29 is 18.7 Å². The van der Waals surface area contributed by atoms with Gasteiger partial charge >= 0.3 is 5.97 Å². The smallest absolute Gasteiger partial charge is 0.341 e. The molecule has 1 aromatic carbocycles. The molecule has 0 unspecified atom stereocenters. The molecule has 0 aromatic heterocycles. The quantitative estimate of drug-likeness (QED) is 0.635. The Morgan fingerprint density at radius 2 is 2.11 bits per heavy atom. The molecule has 96 valence electrons. The summed E-state index contributed by atoms with van der Waals surface area (Å²) in [4.78, 5) is 11.5. The number of carbonyl (C=O) groups is 1. The number of rotatable bonds is 3. The molecule has 0 N–H and O–H groups in total. The predicted octanol–water partition coefficient (Wildman–Crippen LogP) is 3.17. The summed E-state index contributed by atoms with van der Waals surface area (Å²) in [5, 5.41) is 0. The molecule has 0 amide bonds. The van der Waals surface area contributed by atoms with Crippen molar-refractivity contribution in [2.24, 2.45) is 0 Å². The Labute approximate surface area is 113 Å². The minimum absolute atomic E-state index is 0.0125. The summed E-state index contributed by atoms with van der Waals surface area (Å²) in [5.41, 5.74) is -0.929. The van der Waals surface area contributed by atoms with Gasteiger partial charge in [0.25, 0.3) is 0 Å². The van der Waals surface area contributed by atoms with Crippen molar-refractivity contribution in [1.29, 1.82) is 0 Å². The van der Waals surface area contributed by atoms with Gasteiger partial charge in [-0.2, -0.15) is 0 Å². The fourth-order valence-electron chi connectivity index (χ4n) is 1.19. The minimum Gasteiger partial charge on any atom is -0.474 e. The highest BCUT2D eigenvalue weighted by Crippen LogP contribution is 2.29. The van der Waals surface area contributed by atoms with Gasteiger partial charge in [-0.3, -0.25) is 0 Å². The van der Waals surface area contributed by atoms with E-state index in [0.29, 0.717) is 0 Å². The lowest BCUT2D eigenvalue weighted by Crippen LogP contribution is -2.26. The van der Waals surface area contributed by atoms with Crippen LogP contribution in [0, 0.1) is 18.2 Å². The number of hydrogen-bond donors (Lipinski definition) is 0. The molecule has 0 saturated heterocycles. The molecule has 18 heavy (non-hydrogen) atoms. The van der Waals surface area contributed by atoms with Gasteiger partial charge in [-0.25, -0.2) is 9.18 Å². The van der Waals surface area contributed by atoms with Crippen LogP contribution in [0.15, 0.2) is 16.6 Å². The van der Waals surface area contributed by atoms with Gasteiger partial charge in [0.1, 0.15) is 17.1 Å². The van der Waals surface area contributed by atoms with Gasteiger partial charge in [0.15, 0.2) is 5.60 Å². The van der Waals surface area contributed by atoms with Crippen LogP contribution in [0.4, 0.5) is 4.39 Å². The maximum atomic E-state index is 13.4. The highest BCUT2D eigenvalue weighted by molar-refractivity contribution is 9.10. The van der Waals surface area contributed by atoms with Gasteiger partial charge in [-0.1, -0.05) is 5.92 Å². The van der Waals surface area contributed by atoms with Crippen LogP contribution in [0.2, 0.25) is 0 Å². The number of halogens is 2. The van der Waals surface area contributed by atoms with Gasteiger partial charge in [0.2, 0.25) is 0 Å². The number of ether oxygens (including phenoxy) is 2. The number of hydrogen-bond acceptors (Lipinski definition) is 3. The van der Waals surface area contributed by atoms with Crippen LogP contribution in [-0.4, -0.2) is 18.7 Å². The monoisotopic (exact) mass is 314 g/mol. The van der Waals surface area contributed by atoms with E-state index in [2.05, 4.69) is 26.6 Å². The zero-order chi connectivity index (χ0) is 13.9. The van der Waals surface area contributed by atoms with Crippen LogP contribution in [-0.2, 0) is 4.74 Å². The van der Waals surface area contributed by atoms with Gasteiger partial charge < -0.3 is 9.47 Å². The molecule has 0 atom stereocenters. The minimum atomic E-state index is -0.917. The van der Waals surface area contributed by atoms with Gasteiger partial charge in [-0.05, 0) is 41.9 Å². The van der Waals surface area contributed by atoms with Crippen molar-refractivity contribution in [3.05, 3.63) is 28.0 Å². The van der Waals surface area contributed by atoms with Crippen LogP contribution in [0.1, 0.15) is 24.2 Å². The fraction of sp³-hybridized carbons (Fsp3) is 0.308. The number of terminal acetylenes is 1. The predicted molar refractivity (Wildman–Crippen MR) is 69.0 cm³/mol. The van der Waals surface area contributed by atoms with E-state index in [1.807, 2.05) is 0 Å². The molecule has 0 heterocycles. The average Bonchev–Trinajstić information content (AvgIpc) is 2.32. The summed E-state index contributed by atoms with van der Waals surface area (Å²) in [5.74, 6) is 1.32. The van der Waals surface area contributed by atoms with E-state index >= 15 is 0 Å². The van der Waals surface area contributed by atoms with Crippen molar-refractivity contribution in [3.8, 4) is 18.1 Å². The standard InChI is InChI=1S/C13H12BrFO3/c1-5-13(2,3)18-11-7-9(14)10(15)6-8(11)12(16)17-4/h1,6-7H,2-4H3. The molecule has 0 saturated carbocycles. The van der Waals surface area contributed by atoms with E-state index in [1.165, 1.54) is 13.2 Å². The van der Waals surface area contributed by atoms with Crippen molar-refractivity contribution in [2.75, 3.05) is 7.11 Å². The average molecular weight is 315 g/mol. The first-order chi connectivity index (χ1) is 8.30. The Hall–Kier alpha value is -1.54. The van der Waals surface area contributed by atoms with Crippen molar-refractivity contribution in [1.82, 2.24) is 0 Å². The molecule has 0 bridgehead atoms. The molecule has 3 nitrogen and oxygen atoms in total. The molecule has 0 radical (unpaired) electrons. The molecule has 5 heteroatoms. The lowest BCUT2D eigenvalue weighted by Gasteiger charge is -2.22. The molecule has 1 aromatic rings. The normalized spacial score (nSPS) is 10.7. The lowest BCUT2D eigenvalue weighted by molar-refractivity contribution is 0.0590. The summed E-state index contributed by atoms with van der Waals surface area (Å²) < 4.78 is 23.7. The third-order valence-electron chi connectivity index (χ3n) is 2.14. The zero-order valence-electron chi connectivity index (χ0n) is 10.2. The Balaban J connectivity index is 3.29. The van der Waals surface area contributed by atoms with Gasteiger partial charge in [0, 0.05) is 0 Å². The van der Waals surface area contributed by atoms with Crippen molar-refractivity contribution in [2.45, 2.75) is 19.4 Å². The second-order valence-corrected chi connectivity index (χ2v) is 4.87. The summed E-state index contributed by atoms with van der Waals surface area (Å²) >= 11 is 3.02. The van der Waals surface area contributed by atoms with Crippen LogP contribution >= 0.6 is 15.9 Å². The zero-order valence-corrected chi connectivity index (χ0v) is 11.8. The highest BCUT2D eigenvalue weighted by Gasteiger charge is 2.22. The summed E-state index contributed by atoms with van der Waals surface area (Å²) in [6.07, 6.45) is 5.30. The summed E-state index contributed by atoms with van der Waals surface area (Å²) in [7, 11) is 1.21. The second kappa shape index (κ2) is 5.40. The molecule has 0 fully saturated rings. The van der Waals surface area contributed by atoms with E-state index in [1.54, 1.807) is 13.8 Å². The lowest BCUT2D eigenvalue weighted by atomic mass is 10.1. The molecule has 0 aliphatic carbocycles. The van der Waals surface area contributed by atoms with E-state index in [4.69, 9.17) is 11.2 Å². The Kier molecular flexibility index (Phi) is 4.36. The number of esters is 1. The number of benzene rings is 1. The summed E-state index contributed by atoms with van der Waals surface area (Å²) in [6.45, 7) is 3.32. The Morgan fingerprint density at radius 3 is 2.61 bits per heavy atom. The van der Waals surface area contributed by atoms with Crippen LogP contribution in [0.25, 0.3) is 0 Å². The third kappa shape index (κ3) is 3.23. The number of methoxy groups -OCH3 is 1. The molecular formula is C13H12BrFO3. The maximum Gasteiger partial charge on any atom is 0.341 e. The molecule has 0 spiro atoms.